The van der Waals surface area contributed by atoms with Crippen molar-refractivity contribution in [2.24, 2.45) is 5.73 Å². The quantitative estimate of drug-likeness (QED) is 0.847. The van der Waals surface area contributed by atoms with Crippen molar-refractivity contribution in [3.63, 3.8) is 0 Å². The fourth-order valence-corrected chi connectivity index (χ4v) is 2.82. The van der Waals surface area contributed by atoms with E-state index in [0.717, 1.165) is 36.4 Å². The number of halogens is 1. The van der Waals surface area contributed by atoms with Gasteiger partial charge in [-0.1, -0.05) is 38.4 Å². The first kappa shape index (κ1) is 14.7. The summed E-state index contributed by atoms with van der Waals surface area (Å²) in [5, 5.41) is 4.38. The SMILES string of the molecule is CC(C)(C)c1ccc(NC2CCC(N)CC2)c(Cl)c1. The Morgan fingerprint density at radius 1 is 1.16 bits per heavy atom. The number of benzene rings is 1. The van der Waals surface area contributed by atoms with Gasteiger partial charge in [0, 0.05) is 12.1 Å². The van der Waals surface area contributed by atoms with Crippen LogP contribution in [0.3, 0.4) is 0 Å². The highest BCUT2D eigenvalue weighted by Gasteiger charge is 2.20. The maximum atomic E-state index is 6.40. The Bertz CT molecular complexity index is 429. The summed E-state index contributed by atoms with van der Waals surface area (Å²) in [6, 6.07) is 7.26. The summed E-state index contributed by atoms with van der Waals surface area (Å²) in [7, 11) is 0. The predicted octanol–water partition coefficient (Wildman–Crippen LogP) is 4.32. The maximum absolute atomic E-state index is 6.40. The average molecular weight is 281 g/mol. The third-order valence-electron chi connectivity index (χ3n) is 3.97. The van der Waals surface area contributed by atoms with Crippen molar-refractivity contribution in [2.75, 3.05) is 5.32 Å². The second-order valence-electron chi connectivity index (χ2n) is 6.70. The highest BCUT2D eigenvalue weighted by Crippen LogP contribution is 2.31. The van der Waals surface area contributed by atoms with Crippen molar-refractivity contribution in [2.45, 2.75) is 64.0 Å². The van der Waals surface area contributed by atoms with Gasteiger partial charge in [0.2, 0.25) is 0 Å². The molecule has 106 valence electrons. The summed E-state index contributed by atoms with van der Waals surface area (Å²) in [5.41, 5.74) is 8.40. The van der Waals surface area contributed by atoms with Crippen molar-refractivity contribution in [3.05, 3.63) is 28.8 Å². The van der Waals surface area contributed by atoms with E-state index in [9.17, 15) is 0 Å². The molecule has 0 aromatic heterocycles. The number of nitrogens with two attached hydrogens (primary N) is 1. The monoisotopic (exact) mass is 280 g/mol. The molecule has 2 nitrogen and oxygen atoms in total. The van der Waals surface area contributed by atoms with Crippen LogP contribution in [-0.4, -0.2) is 12.1 Å². The molecule has 0 unspecified atom stereocenters. The molecule has 1 aromatic carbocycles. The minimum absolute atomic E-state index is 0.139. The Labute approximate surface area is 121 Å². The molecule has 1 saturated carbocycles. The smallest absolute Gasteiger partial charge is 0.0640 e. The zero-order valence-corrected chi connectivity index (χ0v) is 12.9. The minimum atomic E-state index is 0.139. The van der Waals surface area contributed by atoms with Crippen molar-refractivity contribution in [1.29, 1.82) is 0 Å². The topological polar surface area (TPSA) is 38.0 Å². The third kappa shape index (κ3) is 3.87. The molecule has 19 heavy (non-hydrogen) atoms. The number of anilines is 1. The number of hydrogen-bond donors (Lipinski definition) is 2. The number of nitrogens with one attached hydrogen (secondary N) is 1. The molecule has 0 spiro atoms. The summed E-state index contributed by atoms with van der Waals surface area (Å²) in [6.07, 6.45) is 4.49. The van der Waals surface area contributed by atoms with Crippen molar-refractivity contribution >= 4 is 17.3 Å². The van der Waals surface area contributed by atoms with Gasteiger partial charge in [0.1, 0.15) is 0 Å². The summed E-state index contributed by atoms with van der Waals surface area (Å²) < 4.78 is 0. The predicted molar refractivity (Wildman–Crippen MR) is 84.0 cm³/mol. The molecule has 0 bridgehead atoms. The summed E-state index contributed by atoms with van der Waals surface area (Å²) in [6.45, 7) is 6.61. The van der Waals surface area contributed by atoms with E-state index in [4.69, 9.17) is 17.3 Å². The third-order valence-corrected chi connectivity index (χ3v) is 4.28. The van der Waals surface area contributed by atoms with Gasteiger partial charge >= 0.3 is 0 Å². The normalized spacial score (nSPS) is 24.3. The van der Waals surface area contributed by atoms with Crippen molar-refractivity contribution < 1.29 is 0 Å². The van der Waals surface area contributed by atoms with Crippen LogP contribution in [0.5, 0.6) is 0 Å². The van der Waals surface area contributed by atoms with Crippen LogP contribution in [-0.2, 0) is 5.41 Å². The second-order valence-corrected chi connectivity index (χ2v) is 7.11. The Hall–Kier alpha value is -0.730. The van der Waals surface area contributed by atoms with Crippen LogP contribution in [0.15, 0.2) is 18.2 Å². The van der Waals surface area contributed by atoms with E-state index in [2.05, 4.69) is 44.3 Å². The van der Waals surface area contributed by atoms with Crippen LogP contribution in [0.2, 0.25) is 5.02 Å². The first-order chi connectivity index (χ1) is 8.86. The average Bonchev–Trinajstić information content (AvgIpc) is 2.33. The van der Waals surface area contributed by atoms with Crippen LogP contribution in [0.25, 0.3) is 0 Å². The van der Waals surface area contributed by atoms with Crippen LogP contribution in [0.1, 0.15) is 52.0 Å². The van der Waals surface area contributed by atoms with E-state index in [1.165, 1.54) is 5.56 Å². The van der Waals surface area contributed by atoms with Gasteiger partial charge in [-0.2, -0.15) is 0 Å². The molecular weight excluding hydrogens is 256 g/mol. The summed E-state index contributed by atoms with van der Waals surface area (Å²) in [4.78, 5) is 0. The van der Waals surface area contributed by atoms with Gasteiger partial charge in [-0.15, -0.1) is 0 Å². The second kappa shape index (κ2) is 5.72. The molecule has 2 rings (SSSR count). The summed E-state index contributed by atoms with van der Waals surface area (Å²) >= 11 is 6.40. The first-order valence-corrected chi connectivity index (χ1v) is 7.56. The Morgan fingerprint density at radius 3 is 2.32 bits per heavy atom. The van der Waals surface area contributed by atoms with E-state index in [-0.39, 0.29) is 5.41 Å². The molecule has 1 aliphatic carbocycles. The van der Waals surface area contributed by atoms with Crippen LogP contribution in [0.4, 0.5) is 5.69 Å². The zero-order valence-electron chi connectivity index (χ0n) is 12.2. The molecule has 3 N–H and O–H groups in total. The van der Waals surface area contributed by atoms with E-state index < -0.39 is 0 Å². The van der Waals surface area contributed by atoms with Crippen molar-refractivity contribution in [3.8, 4) is 0 Å². The molecule has 0 heterocycles. The van der Waals surface area contributed by atoms with E-state index in [0.29, 0.717) is 12.1 Å². The van der Waals surface area contributed by atoms with Gasteiger partial charge < -0.3 is 11.1 Å². The van der Waals surface area contributed by atoms with Gasteiger partial charge in [-0.3, -0.25) is 0 Å². The molecule has 0 radical (unpaired) electrons. The summed E-state index contributed by atoms with van der Waals surface area (Å²) in [5.74, 6) is 0. The molecule has 1 aliphatic rings. The molecule has 0 atom stereocenters. The zero-order chi connectivity index (χ0) is 14.0. The molecule has 0 aliphatic heterocycles. The highest BCUT2D eigenvalue weighted by molar-refractivity contribution is 6.33. The van der Waals surface area contributed by atoms with Gasteiger partial charge in [0.05, 0.1) is 10.7 Å². The Kier molecular flexibility index (Phi) is 4.42. The maximum Gasteiger partial charge on any atom is 0.0640 e. The standard InChI is InChI=1S/C16H25ClN2/c1-16(2,3)11-4-9-15(14(17)10-11)19-13-7-5-12(18)6-8-13/h4,9-10,12-13,19H,5-8,18H2,1-3H3. The van der Waals surface area contributed by atoms with E-state index in [1.807, 2.05) is 0 Å². The molecule has 1 aromatic rings. The molecule has 1 fully saturated rings. The fourth-order valence-electron chi connectivity index (χ4n) is 2.58. The lowest BCUT2D eigenvalue weighted by Crippen LogP contribution is -2.32. The first-order valence-electron chi connectivity index (χ1n) is 7.18. The number of hydrogen-bond acceptors (Lipinski definition) is 2. The molecule has 3 heteroatoms. The van der Waals surface area contributed by atoms with E-state index in [1.54, 1.807) is 0 Å². The fraction of sp³-hybridized carbons (Fsp3) is 0.625. The van der Waals surface area contributed by atoms with Crippen molar-refractivity contribution in [1.82, 2.24) is 0 Å². The lowest BCUT2D eigenvalue weighted by molar-refractivity contribution is 0.411. The van der Waals surface area contributed by atoms with Gasteiger partial charge in [0.15, 0.2) is 0 Å². The largest absolute Gasteiger partial charge is 0.381 e. The van der Waals surface area contributed by atoms with Gasteiger partial charge in [-0.05, 0) is 48.8 Å². The minimum Gasteiger partial charge on any atom is -0.381 e. The number of rotatable bonds is 2. The van der Waals surface area contributed by atoms with Gasteiger partial charge in [0.25, 0.3) is 0 Å². The van der Waals surface area contributed by atoms with Crippen LogP contribution in [0, 0.1) is 0 Å². The van der Waals surface area contributed by atoms with E-state index >= 15 is 0 Å². The molecule has 0 amide bonds. The Morgan fingerprint density at radius 2 is 1.79 bits per heavy atom. The molecule has 0 saturated heterocycles. The molecular formula is C16H25ClN2. The lowest BCUT2D eigenvalue weighted by atomic mass is 9.87. The Balaban J connectivity index is 2.05. The van der Waals surface area contributed by atoms with Gasteiger partial charge in [-0.25, -0.2) is 0 Å². The lowest BCUT2D eigenvalue weighted by Gasteiger charge is -2.28. The highest BCUT2D eigenvalue weighted by atomic mass is 35.5. The van der Waals surface area contributed by atoms with Crippen LogP contribution >= 0.6 is 11.6 Å². The van der Waals surface area contributed by atoms with Crippen LogP contribution < -0.4 is 11.1 Å².